The predicted octanol–water partition coefficient (Wildman–Crippen LogP) is 4.97. The molecule has 0 saturated carbocycles. The van der Waals surface area contributed by atoms with Crippen LogP contribution in [0.15, 0.2) is 40.1 Å². The Morgan fingerprint density at radius 1 is 1.22 bits per heavy atom. The second-order valence-corrected chi connectivity index (χ2v) is 5.34. The van der Waals surface area contributed by atoms with Crippen molar-refractivity contribution in [2.45, 2.75) is 43.9 Å². The summed E-state index contributed by atoms with van der Waals surface area (Å²) in [6.07, 6.45) is 8.08. The third-order valence-electron chi connectivity index (χ3n) is 2.59. The minimum absolute atomic E-state index is 0.233. The van der Waals surface area contributed by atoms with Crippen molar-refractivity contribution < 1.29 is 9.18 Å². The van der Waals surface area contributed by atoms with Gasteiger partial charge in [-0.15, -0.1) is 0 Å². The van der Waals surface area contributed by atoms with Gasteiger partial charge in [-0.25, -0.2) is 4.39 Å². The van der Waals surface area contributed by atoms with Crippen molar-refractivity contribution in [1.82, 2.24) is 0 Å². The fourth-order valence-electron chi connectivity index (χ4n) is 1.62. The SMILES string of the molecule is CCCCCC/C(=C\C=O)Sc1ccc(F)cc1. The number of rotatable bonds is 8. The van der Waals surface area contributed by atoms with Crippen LogP contribution < -0.4 is 0 Å². The van der Waals surface area contributed by atoms with E-state index in [0.717, 1.165) is 28.9 Å². The third-order valence-corrected chi connectivity index (χ3v) is 3.70. The van der Waals surface area contributed by atoms with Gasteiger partial charge in [0.2, 0.25) is 0 Å². The maximum Gasteiger partial charge on any atom is 0.143 e. The second kappa shape index (κ2) is 8.92. The lowest BCUT2D eigenvalue weighted by Crippen LogP contribution is -1.83. The van der Waals surface area contributed by atoms with Gasteiger partial charge in [-0.05, 0) is 48.1 Å². The molecule has 0 unspecified atom stereocenters. The van der Waals surface area contributed by atoms with Gasteiger partial charge in [0.1, 0.15) is 12.1 Å². The Morgan fingerprint density at radius 3 is 2.56 bits per heavy atom. The minimum Gasteiger partial charge on any atom is -0.299 e. The number of carbonyl (C=O) groups excluding carboxylic acids is 1. The molecule has 18 heavy (non-hydrogen) atoms. The van der Waals surface area contributed by atoms with Gasteiger partial charge in [-0.3, -0.25) is 4.79 Å². The molecule has 0 aromatic heterocycles. The maximum atomic E-state index is 12.8. The molecule has 3 heteroatoms. The van der Waals surface area contributed by atoms with Gasteiger partial charge in [-0.1, -0.05) is 37.9 Å². The van der Waals surface area contributed by atoms with E-state index in [2.05, 4.69) is 6.92 Å². The molecule has 0 saturated heterocycles. The summed E-state index contributed by atoms with van der Waals surface area (Å²) in [5.41, 5.74) is 0. The second-order valence-electron chi connectivity index (χ2n) is 4.14. The molecule has 98 valence electrons. The monoisotopic (exact) mass is 266 g/mol. The number of hydrogen-bond donors (Lipinski definition) is 0. The summed E-state index contributed by atoms with van der Waals surface area (Å²) < 4.78 is 12.8. The zero-order valence-corrected chi connectivity index (χ0v) is 11.5. The molecule has 1 aromatic carbocycles. The Hall–Kier alpha value is -1.09. The summed E-state index contributed by atoms with van der Waals surface area (Å²) in [6.45, 7) is 2.18. The third kappa shape index (κ3) is 6.01. The van der Waals surface area contributed by atoms with Crippen LogP contribution in [0.5, 0.6) is 0 Å². The smallest absolute Gasteiger partial charge is 0.143 e. The Labute approximate surface area is 112 Å². The standard InChI is InChI=1S/C15H19FOS/c1-2-3-4-5-6-14(11-12-17)18-15-9-7-13(16)8-10-15/h7-12H,2-6H2,1H3/b14-11+. The van der Waals surface area contributed by atoms with Crippen molar-refractivity contribution in [3.63, 3.8) is 0 Å². The van der Waals surface area contributed by atoms with Crippen molar-refractivity contribution in [2.24, 2.45) is 0 Å². The van der Waals surface area contributed by atoms with Gasteiger partial charge in [-0.2, -0.15) is 0 Å². The highest BCUT2D eigenvalue weighted by Gasteiger charge is 2.01. The molecule has 0 aliphatic heterocycles. The number of halogens is 1. The molecule has 0 spiro atoms. The molecule has 0 heterocycles. The number of allylic oxidation sites excluding steroid dienone is 2. The summed E-state index contributed by atoms with van der Waals surface area (Å²) in [7, 11) is 0. The first-order chi connectivity index (χ1) is 8.76. The summed E-state index contributed by atoms with van der Waals surface area (Å²) in [5.74, 6) is -0.233. The van der Waals surface area contributed by atoms with E-state index in [9.17, 15) is 9.18 Å². The first-order valence-electron chi connectivity index (χ1n) is 6.34. The average Bonchev–Trinajstić information content (AvgIpc) is 2.37. The van der Waals surface area contributed by atoms with Crippen molar-refractivity contribution in [3.05, 3.63) is 41.1 Å². The summed E-state index contributed by atoms with van der Waals surface area (Å²) in [4.78, 5) is 12.6. The molecule has 0 fully saturated rings. The van der Waals surface area contributed by atoms with Gasteiger partial charge in [0, 0.05) is 4.90 Å². The first-order valence-corrected chi connectivity index (χ1v) is 7.15. The van der Waals surface area contributed by atoms with Crippen LogP contribution in [0.3, 0.4) is 0 Å². The van der Waals surface area contributed by atoms with Gasteiger partial charge < -0.3 is 0 Å². The molecular weight excluding hydrogens is 247 g/mol. The van der Waals surface area contributed by atoms with Crippen molar-refractivity contribution >= 4 is 18.0 Å². The van der Waals surface area contributed by atoms with Crippen molar-refractivity contribution in [3.8, 4) is 0 Å². The number of aldehydes is 1. The topological polar surface area (TPSA) is 17.1 Å². The molecule has 0 N–H and O–H groups in total. The first kappa shape index (κ1) is 15.0. The number of unbranched alkanes of at least 4 members (excludes halogenated alkanes) is 3. The fourth-order valence-corrected chi connectivity index (χ4v) is 2.57. The lowest BCUT2D eigenvalue weighted by molar-refractivity contribution is -0.104. The van der Waals surface area contributed by atoms with Crippen molar-refractivity contribution in [2.75, 3.05) is 0 Å². The Kier molecular flexibility index (Phi) is 7.42. The quantitative estimate of drug-likeness (QED) is 0.286. The van der Waals surface area contributed by atoms with E-state index < -0.39 is 0 Å². The maximum absolute atomic E-state index is 12.8. The van der Waals surface area contributed by atoms with Gasteiger partial charge in [0.05, 0.1) is 0 Å². The van der Waals surface area contributed by atoms with Crippen LogP contribution in [0.25, 0.3) is 0 Å². The Morgan fingerprint density at radius 2 is 1.94 bits per heavy atom. The van der Waals surface area contributed by atoms with Gasteiger partial charge in [0.15, 0.2) is 0 Å². The number of thioether (sulfide) groups is 1. The molecule has 1 aromatic rings. The highest BCUT2D eigenvalue weighted by Crippen LogP contribution is 2.30. The summed E-state index contributed by atoms with van der Waals surface area (Å²) >= 11 is 1.54. The van der Waals surface area contributed by atoms with E-state index >= 15 is 0 Å². The number of hydrogen-bond acceptors (Lipinski definition) is 2. The Bertz CT molecular complexity index is 384. The lowest BCUT2D eigenvalue weighted by Gasteiger charge is -2.06. The highest BCUT2D eigenvalue weighted by atomic mass is 32.2. The molecule has 0 aliphatic rings. The zero-order valence-electron chi connectivity index (χ0n) is 10.7. The van der Waals surface area contributed by atoms with E-state index in [1.165, 1.54) is 31.4 Å². The molecule has 1 rings (SSSR count). The molecule has 0 bridgehead atoms. The normalized spacial score (nSPS) is 11.6. The minimum atomic E-state index is -0.233. The van der Waals surface area contributed by atoms with Gasteiger partial charge >= 0.3 is 0 Å². The zero-order chi connectivity index (χ0) is 13.2. The van der Waals surface area contributed by atoms with Gasteiger partial charge in [0.25, 0.3) is 0 Å². The Balaban J connectivity index is 2.50. The van der Waals surface area contributed by atoms with Crippen LogP contribution in [0.4, 0.5) is 4.39 Å². The molecule has 0 amide bonds. The van der Waals surface area contributed by atoms with E-state index in [4.69, 9.17) is 0 Å². The van der Waals surface area contributed by atoms with Crippen LogP contribution in [-0.4, -0.2) is 6.29 Å². The highest BCUT2D eigenvalue weighted by molar-refractivity contribution is 8.03. The summed E-state index contributed by atoms with van der Waals surface area (Å²) in [5, 5.41) is 0. The van der Waals surface area contributed by atoms with Crippen molar-refractivity contribution in [1.29, 1.82) is 0 Å². The van der Waals surface area contributed by atoms with E-state index in [0.29, 0.717) is 0 Å². The number of carbonyl (C=O) groups is 1. The van der Waals surface area contributed by atoms with Crippen LogP contribution >= 0.6 is 11.8 Å². The van der Waals surface area contributed by atoms with Crippen LogP contribution in [-0.2, 0) is 4.79 Å². The van der Waals surface area contributed by atoms with Crippen LogP contribution in [0.1, 0.15) is 39.0 Å². The van der Waals surface area contributed by atoms with E-state index in [-0.39, 0.29) is 5.82 Å². The summed E-state index contributed by atoms with van der Waals surface area (Å²) in [6, 6.07) is 6.37. The molecule has 0 aliphatic carbocycles. The van der Waals surface area contributed by atoms with E-state index in [1.54, 1.807) is 30.0 Å². The lowest BCUT2D eigenvalue weighted by atomic mass is 10.1. The fraction of sp³-hybridized carbons (Fsp3) is 0.400. The molecular formula is C15H19FOS. The largest absolute Gasteiger partial charge is 0.299 e. The molecule has 0 radical (unpaired) electrons. The molecule has 0 atom stereocenters. The van der Waals surface area contributed by atoms with Crippen LogP contribution in [0.2, 0.25) is 0 Å². The average molecular weight is 266 g/mol. The molecule has 1 nitrogen and oxygen atoms in total. The number of benzene rings is 1. The van der Waals surface area contributed by atoms with E-state index in [1.807, 2.05) is 0 Å². The predicted molar refractivity (Wildman–Crippen MR) is 75.2 cm³/mol. The van der Waals surface area contributed by atoms with Crippen LogP contribution in [0, 0.1) is 5.82 Å².